The maximum atomic E-state index is 5.81. The Bertz CT molecular complexity index is 464. The van der Waals surface area contributed by atoms with Gasteiger partial charge < -0.3 is 5.73 Å². The first-order chi connectivity index (χ1) is 6.68. The summed E-state index contributed by atoms with van der Waals surface area (Å²) in [4.78, 5) is 4.08. The molecule has 0 unspecified atom stereocenters. The number of nitrogens with two attached hydrogens (primary N) is 1. The first-order valence-electron chi connectivity index (χ1n) is 4.10. The van der Waals surface area contributed by atoms with Crippen LogP contribution in [0.4, 0.5) is 5.69 Å². The van der Waals surface area contributed by atoms with Crippen LogP contribution >= 0.6 is 11.6 Å². The molecule has 0 fully saturated rings. The van der Waals surface area contributed by atoms with E-state index in [-0.39, 0.29) is 5.28 Å². The average molecular weight is 209 g/mol. The summed E-state index contributed by atoms with van der Waals surface area (Å²) in [5, 5.41) is 4.17. The van der Waals surface area contributed by atoms with Crippen molar-refractivity contribution in [3.05, 3.63) is 29.5 Å². The van der Waals surface area contributed by atoms with Crippen molar-refractivity contribution in [3.63, 3.8) is 0 Å². The van der Waals surface area contributed by atoms with Gasteiger partial charge in [-0.1, -0.05) is 12.1 Å². The molecule has 0 spiro atoms. The van der Waals surface area contributed by atoms with E-state index in [9.17, 15) is 0 Å². The molecule has 4 nitrogen and oxygen atoms in total. The zero-order valence-corrected chi connectivity index (χ0v) is 8.36. The second kappa shape index (κ2) is 3.31. The second-order valence-corrected chi connectivity index (χ2v) is 3.25. The van der Waals surface area contributed by atoms with Crippen molar-refractivity contribution in [3.8, 4) is 11.4 Å². The highest BCUT2D eigenvalue weighted by Crippen LogP contribution is 2.23. The lowest BCUT2D eigenvalue weighted by Gasteiger charge is -2.02. The first-order valence-corrected chi connectivity index (χ1v) is 4.47. The summed E-state index contributed by atoms with van der Waals surface area (Å²) in [6, 6.07) is 7.47. The Kier molecular flexibility index (Phi) is 2.13. The molecule has 0 aliphatic carbocycles. The Balaban J connectivity index is 2.60. The van der Waals surface area contributed by atoms with Crippen LogP contribution in [-0.2, 0) is 7.05 Å². The molecule has 2 N–H and O–H groups in total. The molecule has 0 aliphatic heterocycles. The number of para-hydroxylation sites is 1. The van der Waals surface area contributed by atoms with Gasteiger partial charge in [0.1, 0.15) is 0 Å². The van der Waals surface area contributed by atoms with Crippen molar-refractivity contribution in [2.75, 3.05) is 5.73 Å². The molecule has 72 valence electrons. The Morgan fingerprint density at radius 1 is 1.36 bits per heavy atom. The first kappa shape index (κ1) is 9.02. The molecule has 5 heteroatoms. The van der Waals surface area contributed by atoms with Crippen LogP contribution in [0.3, 0.4) is 0 Å². The summed E-state index contributed by atoms with van der Waals surface area (Å²) in [6.45, 7) is 0. The van der Waals surface area contributed by atoms with Crippen molar-refractivity contribution >= 4 is 17.3 Å². The minimum Gasteiger partial charge on any atom is -0.398 e. The number of aromatic nitrogens is 3. The third-order valence-corrected chi connectivity index (χ3v) is 2.10. The van der Waals surface area contributed by atoms with Gasteiger partial charge in [0.25, 0.3) is 0 Å². The molecule has 0 atom stereocenters. The van der Waals surface area contributed by atoms with E-state index in [0.29, 0.717) is 11.5 Å². The molecule has 0 radical (unpaired) electrons. The third kappa shape index (κ3) is 1.44. The third-order valence-electron chi connectivity index (χ3n) is 1.94. The highest BCUT2D eigenvalue weighted by molar-refractivity contribution is 6.28. The van der Waals surface area contributed by atoms with E-state index < -0.39 is 0 Å². The Hall–Kier alpha value is -1.55. The average Bonchev–Trinajstić information content (AvgIpc) is 2.46. The molecule has 1 heterocycles. The van der Waals surface area contributed by atoms with Gasteiger partial charge in [-0.25, -0.2) is 4.68 Å². The largest absolute Gasteiger partial charge is 0.398 e. The number of aryl methyl sites for hydroxylation is 1. The SMILES string of the molecule is Cn1nc(Cl)nc1-c1ccccc1N. The van der Waals surface area contributed by atoms with Crippen LogP contribution in [-0.4, -0.2) is 14.8 Å². The van der Waals surface area contributed by atoms with E-state index in [0.717, 1.165) is 5.56 Å². The Morgan fingerprint density at radius 3 is 2.64 bits per heavy atom. The van der Waals surface area contributed by atoms with Gasteiger partial charge in [-0.2, -0.15) is 4.98 Å². The fourth-order valence-electron chi connectivity index (χ4n) is 1.29. The second-order valence-electron chi connectivity index (χ2n) is 2.92. The Labute approximate surface area is 86.3 Å². The molecule has 0 saturated heterocycles. The Morgan fingerprint density at radius 2 is 2.07 bits per heavy atom. The van der Waals surface area contributed by atoms with E-state index in [2.05, 4.69) is 10.1 Å². The lowest BCUT2D eigenvalue weighted by Crippen LogP contribution is -1.97. The summed E-state index contributed by atoms with van der Waals surface area (Å²) in [7, 11) is 1.78. The quantitative estimate of drug-likeness (QED) is 0.726. The van der Waals surface area contributed by atoms with Crippen molar-refractivity contribution in [1.82, 2.24) is 14.8 Å². The number of anilines is 1. The molecule has 0 saturated carbocycles. The minimum atomic E-state index is 0.228. The predicted molar refractivity (Wildman–Crippen MR) is 55.9 cm³/mol. The standard InChI is InChI=1S/C9H9ClN4/c1-14-8(12-9(10)13-14)6-4-2-3-5-7(6)11/h2-5H,11H2,1H3. The van der Waals surface area contributed by atoms with Crippen molar-refractivity contribution in [2.45, 2.75) is 0 Å². The molecule has 2 aromatic rings. The molecule has 0 bridgehead atoms. The van der Waals surface area contributed by atoms with E-state index >= 15 is 0 Å². The zero-order chi connectivity index (χ0) is 10.1. The monoisotopic (exact) mass is 208 g/mol. The summed E-state index contributed by atoms with van der Waals surface area (Å²) < 4.78 is 1.61. The van der Waals surface area contributed by atoms with Gasteiger partial charge in [-0.3, -0.25) is 0 Å². The highest BCUT2D eigenvalue weighted by Gasteiger charge is 2.09. The van der Waals surface area contributed by atoms with Crippen molar-refractivity contribution in [2.24, 2.45) is 7.05 Å². The number of halogens is 1. The van der Waals surface area contributed by atoms with Gasteiger partial charge in [0.2, 0.25) is 5.28 Å². The molecule has 14 heavy (non-hydrogen) atoms. The molecule has 2 rings (SSSR count). The van der Waals surface area contributed by atoms with Crippen molar-refractivity contribution < 1.29 is 0 Å². The van der Waals surface area contributed by atoms with Crippen molar-refractivity contribution in [1.29, 1.82) is 0 Å². The van der Waals surface area contributed by atoms with E-state index in [1.54, 1.807) is 11.7 Å². The van der Waals surface area contributed by atoms with E-state index in [4.69, 9.17) is 17.3 Å². The van der Waals surface area contributed by atoms with Gasteiger partial charge in [0, 0.05) is 18.3 Å². The number of benzene rings is 1. The lowest BCUT2D eigenvalue weighted by atomic mass is 10.2. The van der Waals surface area contributed by atoms with Gasteiger partial charge in [0.15, 0.2) is 5.82 Å². The maximum absolute atomic E-state index is 5.81. The van der Waals surface area contributed by atoms with Gasteiger partial charge in [0.05, 0.1) is 0 Å². The normalized spacial score (nSPS) is 10.4. The summed E-state index contributed by atoms with van der Waals surface area (Å²) in [5.41, 5.74) is 7.31. The molecular weight excluding hydrogens is 200 g/mol. The minimum absolute atomic E-state index is 0.228. The number of hydrogen-bond donors (Lipinski definition) is 1. The van der Waals surface area contributed by atoms with Crippen LogP contribution in [0.5, 0.6) is 0 Å². The molecule has 0 aliphatic rings. The fraction of sp³-hybridized carbons (Fsp3) is 0.111. The van der Waals surface area contributed by atoms with Crippen LogP contribution in [0, 0.1) is 0 Å². The number of nitrogen functional groups attached to an aromatic ring is 1. The predicted octanol–water partition coefficient (Wildman–Crippen LogP) is 1.72. The van der Waals surface area contributed by atoms with Crippen LogP contribution < -0.4 is 5.73 Å². The molecular formula is C9H9ClN4. The highest BCUT2D eigenvalue weighted by atomic mass is 35.5. The van der Waals surface area contributed by atoms with Gasteiger partial charge in [-0.15, -0.1) is 5.10 Å². The van der Waals surface area contributed by atoms with Gasteiger partial charge in [-0.05, 0) is 23.7 Å². The smallest absolute Gasteiger partial charge is 0.242 e. The number of hydrogen-bond acceptors (Lipinski definition) is 3. The molecule has 1 aromatic heterocycles. The van der Waals surface area contributed by atoms with Crippen LogP contribution in [0.1, 0.15) is 0 Å². The molecule has 1 aromatic carbocycles. The number of rotatable bonds is 1. The van der Waals surface area contributed by atoms with E-state index in [1.165, 1.54) is 0 Å². The number of nitrogens with zero attached hydrogens (tertiary/aromatic N) is 3. The lowest BCUT2D eigenvalue weighted by molar-refractivity contribution is 0.775. The molecule has 0 amide bonds. The summed E-state index contributed by atoms with van der Waals surface area (Å²) >= 11 is 5.68. The van der Waals surface area contributed by atoms with E-state index in [1.807, 2.05) is 24.3 Å². The van der Waals surface area contributed by atoms with Gasteiger partial charge >= 0.3 is 0 Å². The van der Waals surface area contributed by atoms with Crippen LogP contribution in [0.25, 0.3) is 11.4 Å². The topological polar surface area (TPSA) is 56.7 Å². The zero-order valence-electron chi connectivity index (χ0n) is 7.61. The van der Waals surface area contributed by atoms with Crippen LogP contribution in [0.2, 0.25) is 5.28 Å². The summed E-state index contributed by atoms with van der Waals surface area (Å²) in [6.07, 6.45) is 0. The maximum Gasteiger partial charge on any atom is 0.242 e. The van der Waals surface area contributed by atoms with Crippen LogP contribution in [0.15, 0.2) is 24.3 Å². The summed E-state index contributed by atoms with van der Waals surface area (Å²) in [5.74, 6) is 0.674. The fourth-order valence-corrected chi connectivity index (χ4v) is 1.48.